The number of nitrogens with two attached hydrogens (primary N) is 1. The highest BCUT2D eigenvalue weighted by molar-refractivity contribution is 5.65. The first-order chi connectivity index (χ1) is 6.15. The van der Waals surface area contributed by atoms with Crippen molar-refractivity contribution in [3.63, 3.8) is 0 Å². The van der Waals surface area contributed by atoms with E-state index in [1.807, 2.05) is 6.92 Å². The van der Waals surface area contributed by atoms with Gasteiger partial charge >= 0.3 is 6.09 Å². The van der Waals surface area contributed by atoms with Crippen molar-refractivity contribution in [3.8, 4) is 0 Å². The molecule has 1 saturated heterocycles. The van der Waals surface area contributed by atoms with Gasteiger partial charge in [0.1, 0.15) is 0 Å². The van der Waals surface area contributed by atoms with Crippen LogP contribution < -0.4 is 5.73 Å². The summed E-state index contributed by atoms with van der Waals surface area (Å²) in [5, 5.41) is 8.81. The zero-order valence-corrected chi connectivity index (χ0v) is 7.94. The van der Waals surface area contributed by atoms with E-state index in [2.05, 4.69) is 4.90 Å². The van der Waals surface area contributed by atoms with E-state index in [9.17, 15) is 4.79 Å². The van der Waals surface area contributed by atoms with Gasteiger partial charge in [-0.3, -0.25) is 4.90 Å². The standard InChI is InChI=1S/C8H17N3O2/c1-7-6-10(3-2-9)4-5-11(7)8(12)13/h7H,2-6,9H2,1H3,(H,12,13). The normalized spacial score (nSPS) is 24.8. The molecule has 1 aliphatic rings. The maximum atomic E-state index is 10.7. The van der Waals surface area contributed by atoms with E-state index in [4.69, 9.17) is 10.8 Å². The van der Waals surface area contributed by atoms with Crippen LogP contribution in [-0.2, 0) is 0 Å². The van der Waals surface area contributed by atoms with Crippen molar-refractivity contribution < 1.29 is 9.90 Å². The summed E-state index contributed by atoms with van der Waals surface area (Å²) in [4.78, 5) is 14.4. The first-order valence-corrected chi connectivity index (χ1v) is 4.57. The molecule has 0 radical (unpaired) electrons. The number of hydrogen-bond donors (Lipinski definition) is 2. The number of nitrogens with zero attached hydrogens (tertiary/aromatic N) is 2. The second-order valence-corrected chi connectivity index (χ2v) is 3.41. The summed E-state index contributed by atoms with van der Waals surface area (Å²) in [7, 11) is 0. The van der Waals surface area contributed by atoms with Crippen LogP contribution in [0.2, 0.25) is 0 Å². The van der Waals surface area contributed by atoms with Crippen molar-refractivity contribution >= 4 is 6.09 Å². The zero-order chi connectivity index (χ0) is 9.84. The molecule has 1 fully saturated rings. The van der Waals surface area contributed by atoms with Crippen LogP contribution in [0.4, 0.5) is 4.79 Å². The molecule has 1 amide bonds. The molecule has 1 rings (SSSR count). The Hall–Kier alpha value is -0.810. The van der Waals surface area contributed by atoms with Crippen LogP contribution in [0, 0.1) is 0 Å². The van der Waals surface area contributed by atoms with E-state index in [1.165, 1.54) is 4.90 Å². The average Bonchev–Trinajstić information content (AvgIpc) is 2.04. The molecule has 13 heavy (non-hydrogen) atoms. The highest BCUT2D eigenvalue weighted by Crippen LogP contribution is 2.08. The van der Waals surface area contributed by atoms with Crippen LogP contribution in [0.1, 0.15) is 6.92 Å². The Labute approximate surface area is 78.1 Å². The Bertz CT molecular complexity index is 186. The minimum absolute atomic E-state index is 0.0813. The minimum atomic E-state index is -0.820. The molecule has 1 atom stereocenters. The van der Waals surface area contributed by atoms with E-state index in [-0.39, 0.29) is 6.04 Å². The van der Waals surface area contributed by atoms with Gasteiger partial charge in [-0.15, -0.1) is 0 Å². The summed E-state index contributed by atoms with van der Waals surface area (Å²) < 4.78 is 0. The summed E-state index contributed by atoms with van der Waals surface area (Å²) in [5.74, 6) is 0. The summed E-state index contributed by atoms with van der Waals surface area (Å²) in [6, 6.07) is 0.0813. The number of amides is 1. The fraction of sp³-hybridized carbons (Fsp3) is 0.875. The highest BCUT2D eigenvalue weighted by Gasteiger charge is 2.26. The predicted molar refractivity (Wildman–Crippen MR) is 49.7 cm³/mol. The van der Waals surface area contributed by atoms with Gasteiger partial charge in [-0.2, -0.15) is 0 Å². The number of carbonyl (C=O) groups is 1. The van der Waals surface area contributed by atoms with Gasteiger partial charge in [0.2, 0.25) is 0 Å². The van der Waals surface area contributed by atoms with Crippen molar-refractivity contribution in [1.29, 1.82) is 0 Å². The molecule has 5 nitrogen and oxygen atoms in total. The van der Waals surface area contributed by atoms with Gasteiger partial charge in [0, 0.05) is 38.8 Å². The summed E-state index contributed by atoms with van der Waals surface area (Å²) >= 11 is 0. The molecule has 0 aromatic rings. The van der Waals surface area contributed by atoms with Crippen molar-refractivity contribution in [1.82, 2.24) is 9.80 Å². The Morgan fingerprint density at radius 3 is 2.77 bits per heavy atom. The molecule has 0 aromatic carbocycles. The van der Waals surface area contributed by atoms with Gasteiger partial charge in [0.05, 0.1) is 0 Å². The quantitative estimate of drug-likeness (QED) is 0.619. The lowest BCUT2D eigenvalue weighted by Crippen LogP contribution is -2.54. The predicted octanol–water partition coefficient (Wildman–Crippen LogP) is -0.371. The van der Waals surface area contributed by atoms with Crippen molar-refractivity contribution in [2.45, 2.75) is 13.0 Å². The molecule has 0 spiro atoms. The maximum Gasteiger partial charge on any atom is 0.407 e. The second-order valence-electron chi connectivity index (χ2n) is 3.41. The Morgan fingerprint density at radius 1 is 1.62 bits per heavy atom. The van der Waals surface area contributed by atoms with E-state index in [0.717, 1.165) is 19.6 Å². The molecule has 1 heterocycles. The third kappa shape index (κ3) is 2.57. The van der Waals surface area contributed by atoms with Gasteiger partial charge in [0.25, 0.3) is 0 Å². The number of carboxylic acid groups (broad SMARTS) is 1. The largest absolute Gasteiger partial charge is 0.465 e. The van der Waals surface area contributed by atoms with E-state index < -0.39 is 6.09 Å². The first kappa shape index (κ1) is 10.3. The molecule has 5 heteroatoms. The Morgan fingerprint density at radius 2 is 2.31 bits per heavy atom. The van der Waals surface area contributed by atoms with Gasteiger partial charge in [-0.25, -0.2) is 4.79 Å². The number of rotatable bonds is 2. The van der Waals surface area contributed by atoms with Crippen LogP contribution in [0.5, 0.6) is 0 Å². The minimum Gasteiger partial charge on any atom is -0.465 e. The van der Waals surface area contributed by atoms with Crippen molar-refractivity contribution in [2.24, 2.45) is 5.73 Å². The first-order valence-electron chi connectivity index (χ1n) is 4.57. The van der Waals surface area contributed by atoms with Crippen LogP contribution in [0.3, 0.4) is 0 Å². The summed E-state index contributed by atoms with van der Waals surface area (Å²) in [6.45, 7) is 5.61. The monoisotopic (exact) mass is 187 g/mol. The van der Waals surface area contributed by atoms with Gasteiger partial charge in [-0.1, -0.05) is 0 Å². The van der Waals surface area contributed by atoms with Gasteiger partial charge in [-0.05, 0) is 6.92 Å². The molecule has 1 aliphatic heterocycles. The van der Waals surface area contributed by atoms with E-state index in [0.29, 0.717) is 13.1 Å². The number of hydrogen-bond acceptors (Lipinski definition) is 3. The lowest BCUT2D eigenvalue weighted by atomic mass is 10.2. The molecular formula is C8H17N3O2. The molecule has 1 unspecified atom stereocenters. The van der Waals surface area contributed by atoms with Gasteiger partial charge < -0.3 is 15.7 Å². The zero-order valence-electron chi connectivity index (χ0n) is 7.94. The Balaban J connectivity index is 2.42. The molecule has 3 N–H and O–H groups in total. The van der Waals surface area contributed by atoms with E-state index in [1.54, 1.807) is 0 Å². The SMILES string of the molecule is CC1CN(CCN)CCN1C(=O)O. The van der Waals surface area contributed by atoms with Gasteiger partial charge in [0.15, 0.2) is 0 Å². The topological polar surface area (TPSA) is 69.8 Å². The molecule has 0 bridgehead atoms. The smallest absolute Gasteiger partial charge is 0.407 e. The molecule has 0 saturated carbocycles. The lowest BCUT2D eigenvalue weighted by Gasteiger charge is -2.38. The summed E-state index contributed by atoms with van der Waals surface area (Å²) in [6.07, 6.45) is -0.820. The van der Waals surface area contributed by atoms with Crippen molar-refractivity contribution in [2.75, 3.05) is 32.7 Å². The number of piperazine rings is 1. The maximum absolute atomic E-state index is 10.7. The fourth-order valence-electron chi connectivity index (χ4n) is 1.70. The van der Waals surface area contributed by atoms with E-state index >= 15 is 0 Å². The fourth-order valence-corrected chi connectivity index (χ4v) is 1.70. The van der Waals surface area contributed by atoms with Crippen LogP contribution in [0.15, 0.2) is 0 Å². The Kier molecular flexibility index (Phi) is 3.50. The molecule has 0 aromatic heterocycles. The highest BCUT2D eigenvalue weighted by atomic mass is 16.4. The van der Waals surface area contributed by atoms with Crippen LogP contribution >= 0.6 is 0 Å². The lowest BCUT2D eigenvalue weighted by molar-refractivity contribution is 0.0755. The third-order valence-corrected chi connectivity index (χ3v) is 2.40. The third-order valence-electron chi connectivity index (χ3n) is 2.40. The summed E-state index contributed by atoms with van der Waals surface area (Å²) in [5.41, 5.74) is 5.43. The van der Waals surface area contributed by atoms with Crippen molar-refractivity contribution in [3.05, 3.63) is 0 Å². The average molecular weight is 187 g/mol. The van der Waals surface area contributed by atoms with Crippen LogP contribution in [-0.4, -0.2) is 59.8 Å². The molecule has 76 valence electrons. The molecule has 0 aliphatic carbocycles. The molecular weight excluding hydrogens is 170 g/mol. The van der Waals surface area contributed by atoms with Crippen LogP contribution in [0.25, 0.3) is 0 Å². The second kappa shape index (κ2) is 4.43.